The molecule has 1 aromatic heterocycles. The van der Waals surface area contributed by atoms with Crippen LogP contribution in [0, 0.1) is 6.92 Å². The minimum atomic E-state index is 0.602. The fourth-order valence-electron chi connectivity index (χ4n) is 3.06. The average Bonchev–Trinajstić information content (AvgIpc) is 2.67. The minimum Gasteiger partial charge on any atom is -0.315 e. The van der Waals surface area contributed by atoms with Crippen molar-refractivity contribution < 1.29 is 0 Å². The first-order valence-corrected chi connectivity index (χ1v) is 7.52. The van der Waals surface area contributed by atoms with Crippen molar-refractivity contribution >= 4 is 10.8 Å². The van der Waals surface area contributed by atoms with Crippen LogP contribution in [-0.4, -0.2) is 35.6 Å². The minimum absolute atomic E-state index is 0.602. The van der Waals surface area contributed by atoms with E-state index in [2.05, 4.69) is 47.2 Å². The molecule has 3 nitrogen and oxygen atoms in total. The van der Waals surface area contributed by atoms with Crippen molar-refractivity contribution in [1.82, 2.24) is 15.2 Å². The van der Waals surface area contributed by atoms with Gasteiger partial charge in [0.1, 0.15) is 0 Å². The maximum Gasteiger partial charge on any atom is 0.0346 e. The van der Waals surface area contributed by atoms with Gasteiger partial charge in [0.2, 0.25) is 0 Å². The number of aryl methyl sites for hydroxylation is 1. The molecule has 0 spiro atoms. The van der Waals surface area contributed by atoms with E-state index in [9.17, 15) is 0 Å². The lowest BCUT2D eigenvalue weighted by molar-refractivity contribution is 0.213. The highest BCUT2D eigenvalue weighted by Crippen LogP contribution is 2.23. The van der Waals surface area contributed by atoms with Gasteiger partial charge in [-0.3, -0.25) is 9.88 Å². The number of hydrogen-bond donors (Lipinski definition) is 1. The van der Waals surface area contributed by atoms with Gasteiger partial charge in [0.25, 0.3) is 0 Å². The van der Waals surface area contributed by atoms with Crippen molar-refractivity contribution in [1.29, 1.82) is 0 Å². The number of fused-ring (bicyclic) bond motifs is 1. The van der Waals surface area contributed by atoms with E-state index in [-0.39, 0.29) is 0 Å². The molecule has 2 aromatic rings. The highest BCUT2D eigenvalue weighted by Gasteiger charge is 2.17. The SMILES string of the molecule is Cc1c(CN2CCCNC[C@@H]2C)ccc2cnccc12. The molecule has 2 heterocycles. The summed E-state index contributed by atoms with van der Waals surface area (Å²) in [6.07, 6.45) is 5.07. The summed E-state index contributed by atoms with van der Waals surface area (Å²) in [5.41, 5.74) is 2.84. The lowest BCUT2D eigenvalue weighted by Gasteiger charge is -2.27. The van der Waals surface area contributed by atoms with E-state index >= 15 is 0 Å². The third-order valence-electron chi connectivity index (χ3n) is 4.44. The lowest BCUT2D eigenvalue weighted by atomic mass is 10.0. The molecule has 3 heteroatoms. The Labute approximate surface area is 121 Å². The van der Waals surface area contributed by atoms with Gasteiger partial charge in [0, 0.05) is 43.5 Å². The molecule has 1 saturated heterocycles. The second-order valence-electron chi connectivity index (χ2n) is 5.82. The Hall–Kier alpha value is -1.45. The highest BCUT2D eigenvalue weighted by atomic mass is 15.2. The molecule has 1 atom stereocenters. The first-order chi connectivity index (χ1) is 9.75. The van der Waals surface area contributed by atoms with Crippen LogP contribution in [0.3, 0.4) is 0 Å². The van der Waals surface area contributed by atoms with Gasteiger partial charge in [-0.05, 0) is 49.4 Å². The zero-order valence-corrected chi connectivity index (χ0v) is 12.4. The summed E-state index contributed by atoms with van der Waals surface area (Å²) in [6, 6.07) is 7.20. The summed E-state index contributed by atoms with van der Waals surface area (Å²) in [5.74, 6) is 0. The molecule has 106 valence electrons. The van der Waals surface area contributed by atoms with Gasteiger partial charge < -0.3 is 5.32 Å². The molecule has 0 aliphatic carbocycles. The van der Waals surface area contributed by atoms with Gasteiger partial charge in [-0.1, -0.05) is 12.1 Å². The van der Waals surface area contributed by atoms with Crippen molar-refractivity contribution in [3.8, 4) is 0 Å². The Morgan fingerprint density at radius 1 is 1.35 bits per heavy atom. The van der Waals surface area contributed by atoms with Crippen LogP contribution in [0.15, 0.2) is 30.6 Å². The molecule has 0 amide bonds. The number of nitrogens with one attached hydrogen (secondary N) is 1. The van der Waals surface area contributed by atoms with E-state index in [1.165, 1.54) is 34.9 Å². The van der Waals surface area contributed by atoms with Gasteiger partial charge in [-0.2, -0.15) is 0 Å². The number of hydrogen-bond acceptors (Lipinski definition) is 3. The second kappa shape index (κ2) is 5.90. The fourth-order valence-corrected chi connectivity index (χ4v) is 3.06. The van der Waals surface area contributed by atoms with Crippen LogP contribution >= 0.6 is 0 Å². The Kier molecular flexibility index (Phi) is 3.99. The van der Waals surface area contributed by atoms with Crippen LogP contribution in [0.5, 0.6) is 0 Å². The maximum atomic E-state index is 4.21. The molecule has 3 rings (SSSR count). The van der Waals surface area contributed by atoms with Crippen molar-refractivity contribution in [3.63, 3.8) is 0 Å². The average molecular weight is 269 g/mol. The standard InChI is InChI=1S/C17H23N3/c1-13-10-18-7-3-9-20(13)12-16-5-4-15-11-19-8-6-17(15)14(16)2/h4-6,8,11,13,18H,3,7,9-10,12H2,1-2H3/t13-/m0/s1. The van der Waals surface area contributed by atoms with Crippen LogP contribution < -0.4 is 5.32 Å². The first-order valence-electron chi connectivity index (χ1n) is 7.52. The second-order valence-corrected chi connectivity index (χ2v) is 5.82. The molecule has 1 aliphatic heterocycles. The third kappa shape index (κ3) is 2.69. The maximum absolute atomic E-state index is 4.21. The Morgan fingerprint density at radius 2 is 2.25 bits per heavy atom. The molecule has 1 fully saturated rings. The van der Waals surface area contributed by atoms with Crippen LogP contribution in [0.4, 0.5) is 0 Å². The summed E-state index contributed by atoms with van der Waals surface area (Å²) in [4.78, 5) is 6.80. The van der Waals surface area contributed by atoms with Crippen molar-refractivity contribution in [3.05, 3.63) is 41.7 Å². The molecule has 0 radical (unpaired) electrons. The number of nitrogens with zero attached hydrogens (tertiary/aromatic N) is 2. The summed E-state index contributed by atoms with van der Waals surface area (Å²) in [6.45, 7) is 9.02. The van der Waals surface area contributed by atoms with E-state index in [1.54, 1.807) is 0 Å². The number of rotatable bonds is 2. The number of aromatic nitrogens is 1. The zero-order valence-electron chi connectivity index (χ0n) is 12.4. The molecule has 1 aromatic carbocycles. The normalized spacial score (nSPS) is 21.0. The zero-order chi connectivity index (χ0) is 13.9. The summed E-state index contributed by atoms with van der Waals surface area (Å²) < 4.78 is 0. The predicted molar refractivity (Wildman–Crippen MR) is 83.8 cm³/mol. The monoisotopic (exact) mass is 269 g/mol. The molecular formula is C17H23N3. The fraction of sp³-hybridized carbons (Fsp3) is 0.471. The van der Waals surface area contributed by atoms with Gasteiger partial charge >= 0.3 is 0 Å². The van der Waals surface area contributed by atoms with E-state index in [0.717, 1.165) is 19.6 Å². The van der Waals surface area contributed by atoms with Gasteiger partial charge in [0.05, 0.1) is 0 Å². The molecular weight excluding hydrogens is 246 g/mol. The summed E-state index contributed by atoms with van der Waals surface area (Å²) >= 11 is 0. The molecule has 1 N–H and O–H groups in total. The quantitative estimate of drug-likeness (QED) is 0.908. The van der Waals surface area contributed by atoms with Crippen LogP contribution in [0.1, 0.15) is 24.5 Å². The molecule has 20 heavy (non-hydrogen) atoms. The predicted octanol–water partition coefficient (Wildman–Crippen LogP) is 2.73. The Balaban J connectivity index is 1.88. The van der Waals surface area contributed by atoms with E-state index in [0.29, 0.717) is 6.04 Å². The van der Waals surface area contributed by atoms with E-state index < -0.39 is 0 Å². The molecule has 0 bridgehead atoms. The number of benzene rings is 1. The van der Waals surface area contributed by atoms with Crippen LogP contribution in [0.25, 0.3) is 10.8 Å². The van der Waals surface area contributed by atoms with Gasteiger partial charge in [-0.15, -0.1) is 0 Å². The Morgan fingerprint density at radius 3 is 3.15 bits per heavy atom. The highest BCUT2D eigenvalue weighted by molar-refractivity contribution is 5.85. The van der Waals surface area contributed by atoms with Gasteiger partial charge in [-0.25, -0.2) is 0 Å². The Bertz CT molecular complexity index is 594. The molecule has 0 unspecified atom stereocenters. The van der Waals surface area contributed by atoms with Crippen molar-refractivity contribution in [2.75, 3.05) is 19.6 Å². The lowest BCUT2D eigenvalue weighted by Crippen LogP contribution is -2.36. The molecule has 1 aliphatic rings. The largest absolute Gasteiger partial charge is 0.315 e. The van der Waals surface area contributed by atoms with E-state index in [4.69, 9.17) is 0 Å². The smallest absolute Gasteiger partial charge is 0.0346 e. The van der Waals surface area contributed by atoms with Crippen molar-refractivity contribution in [2.45, 2.75) is 32.9 Å². The van der Waals surface area contributed by atoms with E-state index in [1.807, 2.05) is 12.4 Å². The first kappa shape index (κ1) is 13.5. The molecule has 0 saturated carbocycles. The van der Waals surface area contributed by atoms with Crippen molar-refractivity contribution in [2.24, 2.45) is 0 Å². The number of pyridine rings is 1. The van der Waals surface area contributed by atoms with Crippen LogP contribution in [-0.2, 0) is 6.54 Å². The van der Waals surface area contributed by atoms with Gasteiger partial charge in [0.15, 0.2) is 0 Å². The summed E-state index contributed by atoms with van der Waals surface area (Å²) in [7, 11) is 0. The summed E-state index contributed by atoms with van der Waals surface area (Å²) in [5, 5.41) is 6.07. The third-order valence-corrected chi connectivity index (χ3v) is 4.44. The topological polar surface area (TPSA) is 28.2 Å². The van der Waals surface area contributed by atoms with Crippen LogP contribution in [0.2, 0.25) is 0 Å².